The van der Waals surface area contributed by atoms with Crippen LogP contribution in [0.4, 0.5) is 0 Å². The molecule has 1 atom stereocenters. The first kappa shape index (κ1) is 9.32. The molecule has 0 bridgehead atoms. The highest BCUT2D eigenvalue weighted by atomic mass is 16.6. The van der Waals surface area contributed by atoms with Crippen LogP contribution in [0.2, 0.25) is 0 Å². The Bertz CT molecular complexity index is 467. The van der Waals surface area contributed by atoms with Gasteiger partial charge < -0.3 is 4.74 Å². The Hall–Kier alpha value is -2.24. The summed E-state index contributed by atoms with van der Waals surface area (Å²) in [5.74, 6) is -1.89. The number of hydrogen-bond acceptors (Lipinski definition) is 5. The minimum Gasteiger partial charge on any atom is -0.420 e. The van der Waals surface area contributed by atoms with Gasteiger partial charge in [-0.1, -0.05) is 12.1 Å². The van der Waals surface area contributed by atoms with Crippen LogP contribution < -0.4 is 4.74 Å². The largest absolute Gasteiger partial charge is 0.420 e. The maximum Gasteiger partial charge on any atom is 0.395 e. The molecule has 1 heterocycles. The van der Waals surface area contributed by atoms with Crippen molar-refractivity contribution in [2.75, 3.05) is 0 Å². The molecule has 0 amide bonds. The van der Waals surface area contributed by atoms with Crippen molar-refractivity contribution in [2.24, 2.45) is 0 Å². The van der Waals surface area contributed by atoms with Crippen LogP contribution >= 0.6 is 0 Å². The Kier molecular flexibility index (Phi) is 1.96. The predicted octanol–water partition coefficient (Wildman–Crippen LogP) is 0.434. The van der Waals surface area contributed by atoms with E-state index < -0.39 is 22.7 Å². The predicted molar refractivity (Wildman–Crippen MR) is 47.2 cm³/mol. The van der Waals surface area contributed by atoms with Crippen molar-refractivity contribution in [1.29, 1.82) is 0 Å². The number of para-hydroxylation sites is 1. The van der Waals surface area contributed by atoms with Crippen LogP contribution in [0.1, 0.15) is 10.4 Å². The van der Waals surface area contributed by atoms with Gasteiger partial charge in [0.1, 0.15) is 5.75 Å². The second-order valence-electron chi connectivity index (χ2n) is 2.97. The number of esters is 1. The van der Waals surface area contributed by atoms with E-state index in [0.29, 0.717) is 0 Å². The van der Waals surface area contributed by atoms with Crippen molar-refractivity contribution in [2.45, 2.75) is 6.04 Å². The molecule has 6 heteroatoms. The summed E-state index contributed by atoms with van der Waals surface area (Å²) in [5, 5.41) is 10.5. The van der Waals surface area contributed by atoms with E-state index in [1.807, 2.05) is 0 Å². The van der Waals surface area contributed by atoms with E-state index in [4.69, 9.17) is 0 Å². The third-order valence-electron chi connectivity index (χ3n) is 2.05. The number of fused-ring (bicyclic) bond motifs is 1. The number of nitro groups is 1. The molecule has 0 spiro atoms. The van der Waals surface area contributed by atoms with Crippen molar-refractivity contribution in [3.8, 4) is 5.75 Å². The minimum atomic E-state index is -1.93. The topological polar surface area (TPSA) is 86.5 Å². The van der Waals surface area contributed by atoms with Gasteiger partial charge in [0.2, 0.25) is 0 Å². The number of benzene rings is 1. The van der Waals surface area contributed by atoms with Crippen LogP contribution in [-0.2, 0) is 4.79 Å². The smallest absolute Gasteiger partial charge is 0.395 e. The Morgan fingerprint density at radius 3 is 2.60 bits per heavy atom. The van der Waals surface area contributed by atoms with E-state index >= 15 is 0 Å². The summed E-state index contributed by atoms with van der Waals surface area (Å²) in [7, 11) is 0. The average Bonchev–Trinajstić information content (AvgIpc) is 2.17. The van der Waals surface area contributed by atoms with Gasteiger partial charge in [0.15, 0.2) is 0 Å². The SMILES string of the molecule is O=C1Oc2ccccc2C(=O)C1[N+](=O)[O-]. The highest BCUT2D eigenvalue weighted by molar-refractivity contribution is 6.15. The number of nitrogens with zero attached hydrogens (tertiary/aromatic N) is 1. The van der Waals surface area contributed by atoms with Gasteiger partial charge in [-0.05, 0) is 12.1 Å². The number of carbonyl (C=O) groups is 2. The molecule has 0 saturated carbocycles. The summed E-state index contributed by atoms with van der Waals surface area (Å²) in [6.45, 7) is 0. The maximum absolute atomic E-state index is 11.5. The molecule has 0 radical (unpaired) electrons. The maximum atomic E-state index is 11.5. The minimum absolute atomic E-state index is 0.0683. The lowest BCUT2D eigenvalue weighted by Gasteiger charge is -2.16. The fourth-order valence-corrected chi connectivity index (χ4v) is 1.36. The molecule has 1 aromatic rings. The molecular weight excluding hydrogens is 202 g/mol. The van der Waals surface area contributed by atoms with Crippen LogP contribution in [0.25, 0.3) is 0 Å². The lowest BCUT2D eigenvalue weighted by Crippen LogP contribution is -2.43. The fourth-order valence-electron chi connectivity index (χ4n) is 1.36. The molecule has 15 heavy (non-hydrogen) atoms. The molecular formula is C9H5NO5. The summed E-state index contributed by atoms with van der Waals surface area (Å²) in [5.41, 5.74) is 0.0683. The Morgan fingerprint density at radius 2 is 1.93 bits per heavy atom. The van der Waals surface area contributed by atoms with E-state index in [-0.39, 0.29) is 11.3 Å². The number of rotatable bonds is 1. The third kappa shape index (κ3) is 1.35. The Balaban J connectivity index is 2.52. The first-order valence-corrected chi connectivity index (χ1v) is 4.09. The van der Waals surface area contributed by atoms with Crippen molar-refractivity contribution in [3.63, 3.8) is 0 Å². The Labute approximate surface area is 83.6 Å². The lowest BCUT2D eigenvalue weighted by atomic mass is 10.0. The summed E-state index contributed by atoms with van der Waals surface area (Å²) < 4.78 is 4.67. The van der Waals surface area contributed by atoms with Crippen LogP contribution in [0, 0.1) is 10.1 Å². The standard InChI is InChI=1S/C9H5NO5/c11-8-5-3-1-2-4-6(5)15-9(12)7(8)10(13)14/h1-4,7H. The molecule has 1 aliphatic heterocycles. The normalized spacial score (nSPS) is 19.3. The average molecular weight is 207 g/mol. The summed E-state index contributed by atoms with van der Waals surface area (Å²) >= 11 is 0. The van der Waals surface area contributed by atoms with E-state index in [9.17, 15) is 19.7 Å². The molecule has 1 aliphatic rings. The van der Waals surface area contributed by atoms with Gasteiger partial charge in [-0.2, -0.15) is 0 Å². The lowest BCUT2D eigenvalue weighted by molar-refractivity contribution is -0.493. The molecule has 0 fully saturated rings. The number of hydrogen-bond donors (Lipinski definition) is 0. The molecule has 1 aromatic carbocycles. The van der Waals surface area contributed by atoms with Gasteiger partial charge in [0.25, 0.3) is 5.78 Å². The number of carbonyl (C=O) groups excluding carboxylic acids is 2. The van der Waals surface area contributed by atoms with Gasteiger partial charge in [-0.15, -0.1) is 0 Å². The molecule has 2 rings (SSSR count). The zero-order chi connectivity index (χ0) is 11.0. The van der Waals surface area contributed by atoms with Crippen molar-refractivity contribution < 1.29 is 19.2 Å². The number of Topliss-reactive ketones (excluding diaryl/α,β-unsaturated/α-hetero) is 1. The fraction of sp³-hybridized carbons (Fsp3) is 0.111. The van der Waals surface area contributed by atoms with Gasteiger partial charge in [0, 0.05) is 4.92 Å². The molecule has 0 aromatic heterocycles. The van der Waals surface area contributed by atoms with Gasteiger partial charge in [-0.3, -0.25) is 14.9 Å². The first-order valence-electron chi connectivity index (χ1n) is 4.09. The van der Waals surface area contributed by atoms with E-state index in [1.54, 1.807) is 12.1 Å². The molecule has 0 N–H and O–H groups in total. The van der Waals surface area contributed by atoms with Crippen LogP contribution in [0.3, 0.4) is 0 Å². The van der Waals surface area contributed by atoms with E-state index in [0.717, 1.165) is 0 Å². The second-order valence-corrected chi connectivity index (χ2v) is 2.97. The second kappa shape index (κ2) is 3.16. The van der Waals surface area contributed by atoms with Gasteiger partial charge in [0.05, 0.1) is 5.56 Å². The number of ether oxygens (including phenoxy) is 1. The molecule has 1 unspecified atom stereocenters. The van der Waals surface area contributed by atoms with Crippen molar-refractivity contribution in [3.05, 3.63) is 39.9 Å². The van der Waals surface area contributed by atoms with Gasteiger partial charge in [-0.25, -0.2) is 4.79 Å². The van der Waals surface area contributed by atoms with Crippen molar-refractivity contribution in [1.82, 2.24) is 0 Å². The van der Waals surface area contributed by atoms with Crippen LogP contribution in [0.5, 0.6) is 5.75 Å². The first-order chi connectivity index (χ1) is 7.11. The highest BCUT2D eigenvalue weighted by Crippen LogP contribution is 2.25. The third-order valence-corrected chi connectivity index (χ3v) is 2.05. The zero-order valence-corrected chi connectivity index (χ0v) is 7.38. The highest BCUT2D eigenvalue weighted by Gasteiger charge is 2.45. The quantitative estimate of drug-likeness (QED) is 0.219. The summed E-state index contributed by atoms with van der Waals surface area (Å²) in [6, 6.07) is 4.00. The molecule has 76 valence electrons. The number of ketones is 1. The zero-order valence-electron chi connectivity index (χ0n) is 7.38. The monoisotopic (exact) mass is 207 g/mol. The Morgan fingerprint density at radius 1 is 1.27 bits per heavy atom. The van der Waals surface area contributed by atoms with E-state index in [2.05, 4.69) is 4.74 Å². The molecule has 6 nitrogen and oxygen atoms in total. The summed E-state index contributed by atoms with van der Waals surface area (Å²) in [4.78, 5) is 32.2. The van der Waals surface area contributed by atoms with E-state index in [1.165, 1.54) is 12.1 Å². The van der Waals surface area contributed by atoms with Gasteiger partial charge >= 0.3 is 12.0 Å². The van der Waals surface area contributed by atoms with Crippen LogP contribution in [0.15, 0.2) is 24.3 Å². The van der Waals surface area contributed by atoms with Crippen molar-refractivity contribution >= 4 is 11.8 Å². The molecule has 0 saturated heterocycles. The molecule has 0 aliphatic carbocycles. The van der Waals surface area contributed by atoms with Crippen LogP contribution in [-0.4, -0.2) is 22.7 Å². The summed E-state index contributed by atoms with van der Waals surface area (Å²) in [6.07, 6.45) is 0.